The molecule has 0 bridgehead atoms. The van der Waals surface area contributed by atoms with Gasteiger partial charge in [0.1, 0.15) is 12.1 Å². The van der Waals surface area contributed by atoms with E-state index in [1.165, 1.54) is 6.33 Å². The van der Waals surface area contributed by atoms with Gasteiger partial charge in [-0.3, -0.25) is 0 Å². The zero-order chi connectivity index (χ0) is 15.8. The van der Waals surface area contributed by atoms with Crippen LogP contribution in [-0.4, -0.2) is 25.6 Å². The van der Waals surface area contributed by atoms with Crippen LogP contribution in [0.15, 0.2) is 59.9 Å². The Morgan fingerprint density at radius 2 is 1.87 bits per heavy atom. The number of benzene rings is 2. The molecule has 2 aromatic carbocycles. The molecule has 0 radical (unpaired) electrons. The Labute approximate surface area is 137 Å². The minimum absolute atomic E-state index is 0.0307. The van der Waals surface area contributed by atoms with E-state index in [0.717, 1.165) is 16.8 Å². The highest BCUT2D eigenvalue weighted by atomic mass is 35.5. The van der Waals surface area contributed by atoms with E-state index in [9.17, 15) is 5.11 Å². The van der Waals surface area contributed by atoms with Gasteiger partial charge in [0, 0.05) is 17.0 Å². The lowest BCUT2D eigenvalue weighted by molar-refractivity contribution is 0.472. The molecule has 23 heavy (non-hydrogen) atoms. The fourth-order valence-corrected chi connectivity index (χ4v) is 2.94. The van der Waals surface area contributed by atoms with Crippen LogP contribution in [0, 0.1) is 0 Å². The van der Waals surface area contributed by atoms with Crippen molar-refractivity contribution in [2.75, 3.05) is 0 Å². The minimum Gasteiger partial charge on any atom is -0.507 e. The van der Waals surface area contributed by atoms with E-state index in [1.54, 1.807) is 16.8 Å². The molecule has 0 saturated heterocycles. The molecular weight excluding hydrogens is 312 g/mol. The van der Waals surface area contributed by atoms with Gasteiger partial charge in [0.05, 0.1) is 11.8 Å². The molecule has 0 spiro atoms. The van der Waals surface area contributed by atoms with Gasteiger partial charge in [-0.25, -0.2) is 9.67 Å². The molecule has 0 saturated carbocycles. The number of halogens is 1. The summed E-state index contributed by atoms with van der Waals surface area (Å²) in [4.78, 5) is 8.76. The van der Waals surface area contributed by atoms with Crippen molar-refractivity contribution in [3.63, 3.8) is 0 Å². The van der Waals surface area contributed by atoms with Crippen molar-refractivity contribution >= 4 is 23.3 Å². The number of hydrogen-bond donors (Lipinski definition) is 1. The zero-order valence-electron chi connectivity index (χ0n) is 12.1. The van der Waals surface area contributed by atoms with E-state index in [4.69, 9.17) is 11.6 Å². The van der Waals surface area contributed by atoms with Crippen LogP contribution in [0.3, 0.4) is 0 Å². The van der Waals surface area contributed by atoms with E-state index in [1.807, 2.05) is 36.4 Å². The first kappa shape index (κ1) is 14.0. The lowest BCUT2D eigenvalue weighted by Crippen LogP contribution is -2.21. The molecule has 1 aliphatic rings. The summed E-state index contributed by atoms with van der Waals surface area (Å²) in [6.45, 7) is 0. The molecule has 1 atom stereocenters. The number of aromatic nitrogens is 3. The topological polar surface area (TPSA) is 63.3 Å². The number of aromatic hydroxyl groups is 1. The van der Waals surface area contributed by atoms with Gasteiger partial charge in [-0.2, -0.15) is 10.1 Å². The van der Waals surface area contributed by atoms with E-state index in [-0.39, 0.29) is 11.8 Å². The van der Waals surface area contributed by atoms with E-state index in [0.29, 0.717) is 17.4 Å². The molecule has 1 aromatic heterocycles. The average molecular weight is 325 g/mol. The fourth-order valence-electron chi connectivity index (χ4n) is 2.81. The summed E-state index contributed by atoms with van der Waals surface area (Å²) < 4.78 is 1.80. The largest absolute Gasteiger partial charge is 0.507 e. The quantitative estimate of drug-likeness (QED) is 0.780. The summed E-state index contributed by atoms with van der Waals surface area (Å²) in [5.41, 5.74) is 2.59. The SMILES string of the molecule is Oc1ccccc1C1=Nc2ncnn2[C@@H](c2ccc(Cl)cc2)C1. The fraction of sp³-hybridized carbons (Fsp3) is 0.118. The Morgan fingerprint density at radius 1 is 1.09 bits per heavy atom. The smallest absolute Gasteiger partial charge is 0.248 e. The highest BCUT2D eigenvalue weighted by molar-refractivity contribution is 6.30. The zero-order valence-corrected chi connectivity index (χ0v) is 12.9. The Kier molecular flexibility index (Phi) is 3.35. The first-order valence-electron chi connectivity index (χ1n) is 7.23. The molecule has 0 fully saturated rings. The third kappa shape index (κ3) is 2.49. The van der Waals surface area contributed by atoms with Crippen LogP contribution in [0.4, 0.5) is 5.95 Å². The van der Waals surface area contributed by atoms with Crippen LogP contribution in [-0.2, 0) is 0 Å². The second-order valence-electron chi connectivity index (χ2n) is 5.35. The van der Waals surface area contributed by atoms with Crippen molar-refractivity contribution in [2.24, 2.45) is 4.99 Å². The van der Waals surface area contributed by atoms with Gasteiger partial charge >= 0.3 is 0 Å². The lowest BCUT2D eigenvalue weighted by atomic mass is 9.96. The monoisotopic (exact) mass is 324 g/mol. The average Bonchev–Trinajstić information content (AvgIpc) is 3.04. The molecule has 6 heteroatoms. The summed E-state index contributed by atoms with van der Waals surface area (Å²) in [5, 5.41) is 15.1. The van der Waals surface area contributed by atoms with Crippen LogP contribution < -0.4 is 0 Å². The molecule has 1 aliphatic heterocycles. The summed E-state index contributed by atoms with van der Waals surface area (Å²) in [6, 6.07) is 14.8. The molecule has 3 aromatic rings. The number of nitrogens with zero attached hydrogens (tertiary/aromatic N) is 4. The summed E-state index contributed by atoms with van der Waals surface area (Å²) in [6.07, 6.45) is 2.12. The third-order valence-corrected chi connectivity index (χ3v) is 4.19. The number of phenols is 1. The number of phenolic OH excluding ortho intramolecular Hbond substituents is 1. The van der Waals surface area contributed by atoms with E-state index < -0.39 is 0 Å². The lowest BCUT2D eigenvalue weighted by Gasteiger charge is -2.24. The van der Waals surface area contributed by atoms with Crippen LogP contribution in [0.25, 0.3) is 0 Å². The molecule has 5 nitrogen and oxygen atoms in total. The maximum atomic E-state index is 10.1. The molecule has 114 valence electrons. The Bertz CT molecular complexity index is 886. The van der Waals surface area contributed by atoms with E-state index >= 15 is 0 Å². The van der Waals surface area contributed by atoms with Crippen molar-refractivity contribution in [1.82, 2.24) is 14.8 Å². The highest BCUT2D eigenvalue weighted by Crippen LogP contribution is 2.34. The van der Waals surface area contributed by atoms with Crippen molar-refractivity contribution in [3.05, 3.63) is 71.0 Å². The van der Waals surface area contributed by atoms with Gasteiger partial charge in [0.15, 0.2) is 0 Å². The number of hydrogen-bond acceptors (Lipinski definition) is 4. The first-order chi connectivity index (χ1) is 11.2. The second-order valence-corrected chi connectivity index (χ2v) is 5.79. The third-order valence-electron chi connectivity index (χ3n) is 3.94. The predicted octanol–water partition coefficient (Wildman–Crippen LogP) is 3.75. The van der Waals surface area contributed by atoms with E-state index in [2.05, 4.69) is 15.1 Å². The van der Waals surface area contributed by atoms with Crippen LogP contribution in [0.1, 0.15) is 23.6 Å². The predicted molar refractivity (Wildman–Crippen MR) is 88.5 cm³/mol. The molecule has 2 heterocycles. The second kappa shape index (κ2) is 5.52. The van der Waals surface area contributed by atoms with Crippen LogP contribution >= 0.6 is 11.6 Å². The van der Waals surface area contributed by atoms with Gasteiger partial charge in [-0.05, 0) is 29.8 Å². The Hall–Kier alpha value is -2.66. The number of fused-ring (bicyclic) bond motifs is 1. The standard InChI is InChI=1S/C17H13ClN4O/c18-12-7-5-11(6-8-12)15-9-14(13-3-1-2-4-16(13)23)21-17-19-10-20-22(15)17/h1-8,10,15,23H,9H2/t15-/m1/s1. The number of rotatable bonds is 2. The van der Waals surface area contributed by atoms with Crippen molar-refractivity contribution < 1.29 is 5.11 Å². The molecule has 0 unspecified atom stereocenters. The number of para-hydroxylation sites is 1. The number of aliphatic imine (C=N–C) groups is 1. The van der Waals surface area contributed by atoms with Crippen molar-refractivity contribution in [3.8, 4) is 5.75 Å². The normalized spacial score (nSPS) is 16.7. The Morgan fingerprint density at radius 3 is 2.65 bits per heavy atom. The highest BCUT2D eigenvalue weighted by Gasteiger charge is 2.27. The van der Waals surface area contributed by atoms with Crippen LogP contribution in [0.5, 0.6) is 5.75 Å². The molecule has 0 amide bonds. The van der Waals surface area contributed by atoms with Gasteiger partial charge < -0.3 is 5.11 Å². The van der Waals surface area contributed by atoms with Crippen molar-refractivity contribution in [1.29, 1.82) is 0 Å². The Balaban J connectivity index is 1.81. The molecular formula is C17H13ClN4O. The minimum atomic E-state index is -0.0307. The van der Waals surface area contributed by atoms with Crippen LogP contribution in [0.2, 0.25) is 5.02 Å². The van der Waals surface area contributed by atoms with Gasteiger partial charge in [0.25, 0.3) is 0 Å². The van der Waals surface area contributed by atoms with Gasteiger partial charge in [-0.15, -0.1) is 0 Å². The molecule has 0 aliphatic carbocycles. The first-order valence-corrected chi connectivity index (χ1v) is 7.61. The van der Waals surface area contributed by atoms with Crippen molar-refractivity contribution in [2.45, 2.75) is 12.5 Å². The molecule has 1 N–H and O–H groups in total. The summed E-state index contributed by atoms with van der Waals surface area (Å²) in [5.74, 6) is 0.753. The van der Waals surface area contributed by atoms with Gasteiger partial charge in [0.2, 0.25) is 5.95 Å². The molecule has 4 rings (SSSR count). The van der Waals surface area contributed by atoms with Gasteiger partial charge in [-0.1, -0.05) is 35.9 Å². The summed E-state index contributed by atoms with van der Waals surface area (Å²) in [7, 11) is 0. The maximum absolute atomic E-state index is 10.1. The maximum Gasteiger partial charge on any atom is 0.248 e. The summed E-state index contributed by atoms with van der Waals surface area (Å²) >= 11 is 5.98.